The second-order valence-electron chi connectivity index (χ2n) is 5.84. The average molecular weight is 364 g/mol. The monoisotopic (exact) mass is 364 g/mol. The van der Waals surface area contributed by atoms with Gasteiger partial charge in [0.15, 0.2) is 0 Å². The quantitative estimate of drug-likeness (QED) is 0.725. The number of sulfonamides is 1. The van der Waals surface area contributed by atoms with Crippen LogP contribution in [0.4, 0.5) is 5.95 Å². The number of anilines is 1. The van der Waals surface area contributed by atoms with Crippen LogP contribution in [0.25, 0.3) is 16.2 Å². The van der Waals surface area contributed by atoms with Crippen molar-refractivity contribution in [3.05, 3.63) is 34.7 Å². The van der Waals surface area contributed by atoms with Gasteiger partial charge in [-0.2, -0.15) is 4.98 Å². The summed E-state index contributed by atoms with van der Waals surface area (Å²) in [5, 5.41) is 6.32. The first-order valence-corrected chi connectivity index (χ1v) is 10.3. The lowest BCUT2D eigenvalue weighted by molar-refractivity contribution is 0.597. The third-order valence-corrected chi connectivity index (χ3v) is 5.89. The predicted octanol–water partition coefficient (Wildman–Crippen LogP) is 3.62. The molecule has 0 aliphatic rings. The Morgan fingerprint density at radius 2 is 2.08 bits per heavy atom. The van der Waals surface area contributed by atoms with E-state index in [4.69, 9.17) is 0 Å². The molecule has 3 rings (SSSR count). The molecule has 2 heterocycles. The predicted molar refractivity (Wildman–Crippen MR) is 98.1 cm³/mol. The number of fused-ring (bicyclic) bond motifs is 1. The number of aromatic nitrogens is 3. The van der Waals surface area contributed by atoms with Crippen LogP contribution in [0.1, 0.15) is 30.9 Å². The normalized spacial score (nSPS) is 12.0. The summed E-state index contributed by atoms with van der Waals surface area (Å²) >= 11 is 1.44. The number of unbranched alkanes of at least 4 members (excludes halogenated alkanes) is 1. The van der Waals surface area contributed by atoms with Gasteiger partial charge in [-0.15, -0.1) is 16.4 Å². The van der Waals surface area contributed by atoms with Gasteiger partial charge in [0, 0.05) is 10.9 Å². The molecular formula is C16H20N4O2S2. The van der Waals surface area contributed by atoms with Crippen LogP contribution < -0.4 is 4.72 Å². The number of benzene rings is 1. The van der Waals surface area contributed by atoms with Gasteiger partial charge in [0.1, 0.15) is 0 Å². The number of nitrogens with zero attached hydrogens (tertiary/aromatic N) is 3. The Morgan fingerprint density at radius 3 is 2.79 bits per heavy atom. The summed E-state index contributed by atoms with van der Waals surface area (Å²) in [7, 11) is -3.40. The lowest BCUT2D eigenvalue weighted by Crippen LogP contribution is -2.17. The highest BCUT2D eigenvalue weighted by molar-refractivity contribution is 7.92. The van der Waals surface area contributed by atoms with Crippen molar-refractivity contribution < 1.29 is 8.42 Å². The van der Waals surface area contributed by atoms with E-state index in [1.54, 1.807) is 4.52 Å². The molecule has 128 valence electrons. The van der Waals surface area contributed by atoms with Crippen molar-refractivity contribution in [3.63, 3.8) is 0 Å². The fourth-order valence-electron chi connectivity index (χ4n) is 2.54. The molecule has 2 aromatic heterocycles. The van der Waals surface area contributed by atoms with E-state index >= 15 is 0 Å². The summed E-state index contributed by atoms with van der Waals surface area (Å²) in [5.41, 5.74) is 4.33. The van der Waals surface area contributed by atoms with Gasteiger partial charge in [0.25, 0.3) is 5.95 Å². The smallest absolute Gasteiger partial charge is 0.250 e. The second-order valence-corrected chi connectivity index (χ2v) is 8.52. The van der Waals surface area contributed by atoms with Crippen molar-refractivity contribution in [2.75, 3.05) is 10.5 Å². The first-order valence-electron chi connectivity index (χ1n) is 7.82. The molecule has 0 saturated carbocycles. The summed E-state index contributed by atoms with van der Waals surface area (Å²) in [4.78, 5) is 4.94. The first-order chi connectivity index (χ1) is 11.4. The molecule has 0 unspecified atom stereocenters. The number of hydrogen-bond donors (Lipinski definition) is 1. The van der Waals surface area contributed by atoms with Crippen molar-refractivity contribution in [2.24, 2.45) is 0 Å². The van der Waals surface area contributed by atoms with Crippen LogP contribution in [0.15, 0.2) is 23.6 Å². The summed E-state index contributed by atoms with van der Waals surface area (Å²) in [6, 6.07) is 6.22. The van der Waals surface area contributed by atoms with Crippen molar-refractivity contribution in [1.29, 1.82) is 0 Å². The number of aryl methyl sites for hydroxylation is 2. The standard InChI is InChI=1S/C16H20N4O2S2/c1-4-5-8-24(21,22)19-15-17-16-20(18-15)14(10-23-16)13-7-6-11(2)9-12(13)3/h6-7,9-10H,4-5,8H2,1-3H3,(H,18,19). The lowest BCUT2D eigenvalue weighted by atomic mass is 10.0. The van der Waals surface area contributed by atoms with Crippen molar-refractivity contribution in [2.45, 2.75) is 33.6 Å². The molecule has 0 spiro atoms. The van der Waals surface area contributed by atoms with Gasteiger partial charge in [-0.3, -0.25) is 0 Å². The molecule has 6 nitrogen and oxygen atoms in total. The highest BCUT2D eigenvalue weighted by Crippen LogP contribution is 2.29. The fourth-order valence-corrected chi connectivity index (χ4v) is 4.49. The van der Waals surface area contributed by atoms with Gasteiger partial charge >= 0.3 is 0 Å². The van der Waals surface area contributed by atoms with Crippen LogP contribution in [0, 0.1) is 13.8 Å². The van der Waals surface area contributed by atoms with Gasteiger partial charge in [-0.25, -0.2) is 17.7 Å². The topological polar surface area (TPSA) is 76.4 Å². The molecule has 8 heteroatoms. The molecule has 0 amide bonds. The van der Waals surface area contributed by atoms with E-state index in [-0.39, 0.29) is 11.7 Å². The third kappa shape index (κ3) is 3.44. The minimum atomic E-state index is -3.40. The Labute approximate surface area is 145 Å². The third-order valence-electron chi connectivity index (χ3n) is 3.75. The summed E-state index contributed by atoms with van der Waals surface area (Å²) in [6.45, 7) is 6.06. The van der Waals surface area contributed by atoms with Crippen LogP contribution in [0.5, 0.6) is 0 Å². The molecule has 24 heavy (non-hydrogen) atoms. The zero-order valence-electron chi connectivity index (χ0n) is 13.9. The highest BCUT2D eigenvalue weighted by Gasteiger charge is 2.17. The van der Waals surface area contributed by atoms with Crippen molar-refractivity contribution in [3.8, 4) is 11.3 Å². The molecule has 1 N–H and O–H groups in total. The first kappa shape index (κ1) is 16.9. The van der Waals surface area contributed by atoms with Crippen LogP contribution >= 0.6 is 11.3 Å². The van der Waals surface area contributed by atoms with E-state index in [1.165, 1.54) is 16.9 Å². The molecule has 0 saturated heterocycles. The lowest BCUT2D eigenvalue weighted by Gasteiger charge is -2.05. The zero-order valence-corrected chi connectivity index (χ0v) is 15.5. The molecule has 0 fully saturated rings. The zero-order chi connectivity index (χ0) is 17.3. The largest absolute Gasteiger partial charge is 0.257 e. The summed E-state index contributed by atoms with van der Waals surface area (Å²) in [6.07, 6.45) is 1.44. The maximum atomic E-state index is 12.0. The number of rotatable bonds is 6. The molecule has 0 radical (unpaired) electrons. The van der Waals surface area contributed by atoms with Gasteiger partial charge in [-0.1, -0.05) is 37.1 Å². The van der Waals surface area contributed by atoms with E-state index in [9.17, 15) is 8.42 Å². The van der Waals surface area contributed by atoms with Crippen LogP contribution in [0.2, 0.25) is 0 Å². The molecule has 0 atom stereocenters. The maximum Gasteiger partial charge on any atom is 0.257 e. The molecule has 3 aromatic rings. The van der Waals surface area contributed by atoms with E-state index in [0.29, 0.717) is 11.4 Å². The van der Waals surface area contributed by atoms with Crippen molar-refractivity contribution in [1.82, 2.24) is 14.6 Å². The Hall–Kier alpha value is -1.93. The highest BCUT2D eigenvalue weighted by atomic mass is 32.2. The molecule has 0 aliphatic carbocycles. The van der Waals surface area contributed by atoms with Crippen LogP contribution in [-0.4, -0.2) is 28.8 Å². The Kier molecular flexibility index (Phi) is 4.60. The average Bonchev–Trinajstić information content (AvgIpc) is 3.05. The van der Waals surface area contributed by atoms with Gasteiger partial charge < -0.3 is 0 Å². The van der Waals surface area contributed by atoms with E-state index < -0.39 is 10.0 Å². The number of hydrogen-bond acceptors (Lipinski definition) is 5. The second kappa shape index (κ2) is 6.52. The van der Waals surface area contributed by atoms with Gasteiger partial charge in [0.2, 0.25) is 15.0 Å². The SMILES string of the molecule is CCCCS(=O)(=O)Nc1nc2scc(-c3ccc(C)cc3C)n2n1. The van der Waals surface area contributed by atoms with E-state index in [1.807, 2.05) is 12.3 Å². The Balaban J connectivity index is 1.95. The molecular weight excluding hydrogens is 344 g/mol. The Bertz CT molecular complexity index is 973. The minimum Gasteiger partial charge on any atom is -0.250 e. The van der Waals surface area contributed by atoms with Crippen LogP contribution in [-0.2, 0) is 10.0 Å². The minimum absolute atomic E-state index is 0.0836. The Morgan fingerprint density at radius 1 is 1.29 bits per heavy atom. The van der Waals surface area contributed by atoms with Gasteiger partial charge in [-0.05, 0) is 25.8 Å². The van der Waals surface area contributed by atoms with Crippen molar-refractivity contribution >= 4 is 32.3 Å². The molecule has 1 aromatic carbocycles. The number of thiazole rings is 1. The van der Waals surface area contributed by atoms with E-state index in [2.05, 4.69) is 46.9 Å². The summed E-state index contributed by atoms with van der Waals surface area (Å²) < 4.78 is 28.2. The molecule has 0 aliphatic heterocycles. The van der Waals surface area contributed by atoms with Gasteiger partial charge in [0.05, 0.1) is 11.4 Å². The number of nitrogens with one attached hydrogen (secondary N) is 1. The maximum absolute atomic E-state index is 12.0. The summed E-state index contributed by atoms with van der Waals surface area (Å²) in [5.74, 6) is 0.212. The fraction of sp³-hybridized carbons (Fsp3) is 0.375. The van der Waals surface area contributed by atoms with Crippen LogP contribution in [0.3, 0.4) is 0 Å². The van der Waals surface area contributed by atoms with E-state index in [0.717, 1.165) is 23.2 Å². The molecule has 0 bridgehead atoms.